The summed E-state index contributed by atoms with van der Waals surface area (Å²) in [6.07, 6.45) is 5.19. The normalized spacial score (nSPS) is 10.4. The number of aromatic nitrogens is 2. The lowest BCUT2D eigenvalue weighted by molar-refractivity contribution is 1.05. The molecule has 18 heavy (non-hydrogen) atoms. The molecule has 1 N–H and O–H groups in total. The molecule has 0 fully saturated rings. The number of nitrogens with zero attached hydrogens (tertiary/aromatic N) is 2. The molecule has 2 aromatic carbocycles. The van der Waals surface area contributed by atoms with Gasteiger partial charge < -0.3 is 5.32 Å². The molecule has 88 valence electrons. The van der Waals surface area contributed by atoms with Crippen LogP contribution < -0.4 is 5.32 Å². The van der Waals surface area contributed by atoms with Gasteiger partial charge in [0.15, 0.2) is 0 Å². The summed E-state index contributed by atoms with van der Waals surface area (Å²) in [5, 5.41) is 5.90. The molecule has 3 nitrogen and oxygen atoms in total. The van der Waals surface area contributed by atoms with Crippen LogP contribution in [0, 0.1) is 0 Å². The van der Waals surface area contributed by atoms with Crippen molar-refractivity contribution in [3.8, 4) is 0 Å². The summed E-state index contributed by atoms with van der Waals surface area (Å²) >= 11 is 0. The Morgan fingerprint density at radius 2 is 1.67 bits per heavy atom. The van der Waals surface area contributed by atoms with Gasteiger partial charge in [-0.3, -0.25) is 0 Å². The smallest absolute Gasteiger partial charge is 0.115 e. The summed E-state index contributed by atoms with van der Waals surface area (Å²) in [7, 11) is 0. The van der Waals surface area contributed by atoms with Gasteiger partial charge in [0.1, 0.15) is 6.33 Å². The van der Waals surface area contributed by atoms with E-state index in [1.807, 2.05) is 12.4 Å². The fourth-order valence-corrected chi connectivity index (χ4v) is 2.00. The Labute approximate surface area is 106 Å². The average molecular weight is 235 g/mol. The SMILES string of the molecule is c1ccc2c(NCc3cncnc3)cccc2c1. The second kappa shape index (κ2) is 4.84. The number of benzene rings is 2. The highest BCUT2D eigenvalue weighted by Crippen LogP contribution is 2.23. The molecule has 0 saturated carbocycles. The summed E-state index contributed by atoms with van der Waals surface area (Å²) in [5.41, 5.74) is 2.21. The molecule has 0 bridgehead atoms. The van der Waals surface area contributed by atoms with E-state index in [1.165, 1.54) is 10.8 Å². The van der Waals surface area contributed by atoms with Crippen molar-refractivity contribution in [2.75, 3.05) is 5.32 Å². The molecule has 0 radical (unpaired) electrons. The van der Waals surface area contributed by atoms with Crippen LogP contribution in [-0.4, -0.2) is 9.97 Å². The Morgan fingerprint density at radius 3 is 2.56 bits per heavy atom. The molecule has 0 unspecified atom stereocenters. The number of hydrogen-bond donors (Lipinski definition) is 1. The van der Waals surface area contributed by atoms with Gasteiger partial charge in [-0.2, -0.15) is 0 Å². The zero-order valence-corrected chi connectivity index (χ0v) is 9.88. The quantitative estimate of drug-likeness (QED) is 0.757. The third-order valence-corrected chi connectivity index (χ3v) is 2.89. The van der Waals surface area contributed by atoms with Crippen LogP contribution in [0.5, 0.6) is 0 Å². The molecule has 0 aliphatic rings. The van der Waals surface area contributed by atoms with Crippen molar-refractivity contribution in [1.82, 2.24) is 9.97 Å². The highest BCUT2D eigenvalue weighted by atomic mass is 14.9. The largest absolute Gasteiger partial charge is 0.380 e. The second-order valence-electron chi connectivity index (χ2n) is 4.13. The molecule has 0 aliphatic carbocycles. The monoisotopic (exact) mass is 235 g/mol. The first-order chi connectivity index (χ1) is 8.93. The number of hydrogen-bond acceptors (Lipinski definition) is 3. The fourth-order valence-electron chi connectivity index (χ4n) is 2.00. The first-order valence-electron chi connectivity index (χ1n) is 5.89. The number of fused-ring (bicyclic) bond motifs is 1. The van der Waals surface area contributed by atoms with E-state index in [0.29, 0.717) is 0 Å². The minimum absolute atomic E-state index is 0.731. The molecule has 3 aromatic rings. The number of rotatable bonds is 3. The number of nitrogens with one attached hydrogen (secondary N) is 1. The van der Waals surface area contributed by atoms with Gasteiger partial charge >= 0.3 is 0 Å². The summed E-state index contributed by atoms with van der Waals surface area (Å²) < 4.78 is 0. The van der Waals surface area contributed by atoms with Gasteiger partial charge in [-0.25, -0.2) is 9.97 Å². The molecule has 0 aliphatic heterocycles. The lowest BCUT2D eigenvalue weighted by Gasteiger charge is -2.09. The van der Waals surface area contributed by atoms with E-state index < -0.39 is 0 Å². The number of anilines is 1. The maximum absolute atomic E-state index is 4.01. The lowest BCUT2D eigenvalue weighted by Crippen LogP contribution is -2.00. The molecule has 3 heteroatoms. The highest BCUT2D eigenvalue weighted by molar-refractivity contribution is 5.93. The van der Waals surface area contributed by atoms with Gasteiger partial charge in [-0.1, -0.05) is 36.4 Å². The molecule has 1 heterocycles. The van der Waals surface area contributed by atoms with E-state index in [4.69, 9.17) is 0 Å². The standard InChI is InChI=1S/C15H13N3/c1-2-6-14-13(4-1)5-3-7-15(14)18-10-12-8-16-11-17-9-12/h1-9,11,18H,10H2. The van der Waals surface area contributed by atoms with E-state index in [-0.39, 0.29) is 0 Å². The van der Waals surface area contributed by atoms with Gasteiger partial charge in [0.25, 0.3) is 0 Å². The first kappa shape index (κ1) is 10.7. The molecule has 1 aromatic heterocycles. The summed E-state index contributed by atoms with van der Waals surface area (Å²) in [4.78, 5) is 8.02. The van der Waals surface area contributed by atoms with E-state index in [1.54, 1.807) is 6.33 Å². The van der Waals surface area contributed by atoms with Crippen LogP contribution in [0.3, 0.4) is 0 Å². The van der Waals surface area contributed by atoms with Gasteiger partial charge in [-0.15, -0.1) is 0 Å². The Morgan fingerprint density at radius 1 is 0.889 bits per heavy atom. The van der Waals surface area contributed by atoms with Crippen LogP contribution in [0.1, 0.15) is 5.56 Å². The molecule has 0 amide bonds. The van der Waals surface area contributed by atoms with Gasteiger partial charge in [0.2, 0.25) is 0 Å². The second-order valence-corrected chi connectivity index (χ2v) is 4.13. The zero-order chi connectivity index (χ0) is 12.2. The lowest BCUT2D eigenvalue weighted by atomic mass is 10.1. The zero-order valence-electron chi connectivity index (χ0n) is 9.88. The summed E-state index contributed by atoms with van der Waals surface area (Å²) in [6.45, 7) is 0.731. The van der Waals surface area contributed by atoms with Crippen molar-refractivity contribution in [2.24, 2.45) is 0 Å². The molecular weight excluding hydrogens is 222 g/mol. The topological polar surface area (TPSA) is 37.8 Å². The molecule has 3 rings (SSSR count). The van der Waals surface area contributed by atoms with Crippen molar-refractivity contribution in [3.05, 3.63) is 66.7 Å². The Bertz CT molecular complexity index is 645. The highest BCUT2D eigenvalue weighted by Gasteiger charge is 1.99. The first-order valence-corrected chi connectivity index (χ1v) is 5.89. The maximum Gasteiger partial charge on any atom is 0.115 e. The van der Waals surface area contributed by atoms with Crippen LogP contribution in [0.2, 0.25) is 0 Å². The Balaban J connectivity index is 1.87. The summed E-state index contributed by atoms with van der Waals surface area (Å²) in [5.74, 6) is 0. The molecule has 0 saturated heterocycles. The van der Waals surface area contributed by atoms with Gasteiger partial charge in [-0.05, 0) is 11.5 Å². The van der Waals surface area contributed by atoms with Crippen LogP contribution in [-0.2, 0) is 6.54 Å². The third kappa shape index (κ3) is 2.15. The average Bonchev–Trinajstić information content (AvgIpc) is 2.46. The van der Waals surface area contributed by atoms with E-state index in [9.17, 15) is 0 Å². The van der Waals surface area contributed by atoms with Crippen LogP contribution in [0.4, 0.5) is 5.69 Å². The summed E-state index contributed by atoms with van der Waals surface area (Å²) in [6, 6.07) is 14.6. The predicted octanol–water partition coefficient (Wildman–Crippen LogP) is 3.24. The van der Waals surface area contributed by atoms with Gasteiger partial charge in [0, 0.05) is 35.6 Å². The Kier molecular flexibility index (Phi) is 2.88. The third-order valence-electron chi connectivity index (χ3n) is 2.89. The fraction of sp³-hybridized carbons (Fsp3) is 0.0667. The van der Waals surface area contributed by atoms with E-state index in [2.05, 4.69) is 57.7 Å². The minimum Gasteiger partial charge on any atom is -0.380 e. The van der Waals surface area contributed by atoms with Crippen molar-refractivity contribution >= 4 is 16.5 Å². The molecule has 0 spiro atoms. The van der Waals surface area contributed by atoms with Crippen molar-refractivity contribution in [1.29, 1.82) is 0 Å². The van der Waals surface area contributed by atoms with Crippen LogP contribution in [0.25, 0.3) is 10.8 Å². The van der Waals surface area contributed by atoms with Crippen molar-refractivity contribution in [2.45, 2.75) is 6.54 Å². The molecular formula is C15H13N3. The van der Waals surface area contributed by atoms with Crippen molar-refractivity contribution in [3.63, 3.8) is 0 Å². The van der Waals surface area contributed by atoms with Crippen LogP contribution >= 0.6 is 0 Å². The minimum atomic E-state index is 0.731. The van der Waals surface area contributed by atoms with Crippen molar-refractivity contribution < 1.29 is 0 Å². The Hall–Kier alpha value is -2.42. The van der Waals surface area contributed by atoms with E-state index >= 15 is 0 Å². The van der Waals surface area contributed by atoms with Crippen LogP contribution in [0.15, 0.2) is 61.2 Å². The maximum atomic E-state index is 4.01. The van der Waals surface area contributed by atoms with Gasteiger partial charge in [0.05, 0.1) is 0 Å². The molecule has 0 atom stereocenters. The van der Waals surface area contributed by atoms with E-state index in [0.717, 1.165) is 17.8 Å². The predicted molar refractivity (Wildman–Crippen MR) is 73.3 cm³/mol.